The third kappa shape index (κ3) is 2.87. The van der Waals surface area contributed by atoms with Gasteiger partial charge in [0.15, 0.2) is 0 Å². The van der Waals surface area contributed by atoms with Gasteiger partial charge in [-0.25, -0.2) is 0 Å². The standard InChI is InChI=1S/C14H16O2S/c1-14(15,10-13-7-4-8-17-13)11-5-3-6-12(9-11)16-2/h3-9,15H,10H2,1-2H3. The highest BCUT2D eigenvalue weighted by Crippen LogP contribution is 2.29. The van der Waals surface area contributed by atoms with Crippen molar-refractivity contribution < 1.29 is 9.84 Å². The molecule has 1 N–H and O–H groups in total. The number of thiophene rings is 1. The summed E-state index contributed by atoms with van der Waals surface area (Å²) in [6, 6.07) is 11.6. The minimum absolute atomic E-state index is 0.623. The molecule has 0 aliphatic rings. The Bertz CT molecular complexity index is 475. The Kier molecular flexibility index (Phi) is 3.50. The van der Waals surface area contributed by atoms with Crippen LogP contribution in [0.4, 0.5) is 0 Å². The van der Waals surface area contributed by atoms with Gasteiger partial charge in [-0.3, -0.25) is 0 Å². The molecule has 3 heteroatoms. The molecule has 0 aliphatic heterocycles. The lowest BCUT2D eigenvalue weighted by molar-refractivity contribution is 0.0582. The smallest absolute Gasteiger partial charge is 0.119 e. The Balaban J connectivity index is 2.24. The Hall–Kier alpha value is -1.32. The molecule has 1 aromatic carbocycles. The van der Waals surface area contributed by atoms with Crippen molar-refractivity contribution in [1.82, 2.24) is 0 Å². The molecule has 2 aromatic rings. The SMILES string of the molecule is COc1cccc(C(C)(O)Cc2cccs2)c1. The summed E-state index contributed by atoms with van der Waals surface area (Å²) >= 11 is 1.66. The summed E-state index contributed by atoms with van der Waals surface area (Å²) in [5.74, 6) is 0.772. The first-order valence-corrected chi connectivity index (χ1v) is 6.39. The first kappa shape index (κ1) is 12.1. The molecular weight excluding hydrogens is 232 g/mol. The zero-order valence-corrected chi connectivity index (χ0v) is 10.8. The van der Waals surface area contributed by atoms with Gasteiger partial charge >= 0.3 is 0 Å². The fraction of sp³-hybridized carbons (Fsp3) is 0.286. The molecule has 90 valence electrons. The summed E-state index contributed by atoms with van der Waals surface area (Å²) in [7, 11) is 1.63. The summed E-state index contributed by atoms with van der Waals surface area (Å²) in [6.07, 6.45) is 0.623. The molecule has 0 saturated carbocycles. The van der Waals surface area contributed by atoms with Gasteiger partial charge in [-0.05, 0) is 36.1 Å². The van der Waals surface area contributed by atoms with Crippen LogP contribution in [0.5, 0.6) is 5.75 Å². The summed E-state index contributed by atoms with van der Waals surface area (Å²) < 4.78 is 5.18. The molecule has 0 amide bonds. The Morgan fingerprint density at radius 1 is 1.29 bits per heavy atom. The van der Waals surface area contributed by atoms with E-state index in [-0.39, 0.29) is 0 Å². The van der Waals surface area contributed by atoms with Crippen molar-refractivity contribution in [3.63, 3.8) is 0 Å². The summed E-state index contributed by atoms with van der Waals surface area (Å²) in [5.41, 5.74) is 0.0181. The molecule has 1 aromatic heterocycles. The van der Waals surface area contributed by atoms with E-state index in [1.165, 1.54) is 4.88 Å². The molecule has 1 unspecified atom stereocenters. The molecule has 17 heavy (non-hydrogen) atoms. The number of methoxy groups -OCH3 is 1. The number of benzene rings is 1. The van der Waals surface area contributed by atoms with Crippen LogP contribution >= 0.6 is 11.3 Å². The first-order chi connectivity index (χ1) is 8.12. The lowest BCUT2D eigenvalue weighted by Gasteiger charge is -2.23. The van der Waals surface area contributed by atoms with E-state index < -0.39 is 5.60 Å². The molecule has 0 bridgehead atoms. The van der Waals surface area contributed by atoms with Crippen molar-refractivity contribution in [3.05, 3.63) is 52.2 Å². The highest BCUT2D eigenvalue weighted by molar-refractivity contribution is 7.09. The zero-order chi connectivity index (χ0) is 12.3. The van der Waals surface area contributed by atoms with Gasteiger partial charge in [-0.15, -0.1) is 11.3 Å². The van der Waals surface area contributed by atoms with E-state index in [0.717, 1.165) is 11.3 Å². The molecule has 1 heterocycles. The minimum atomic E-state index is -0.862. The quantitative estimate of drug-likeness (QED) is 0.900. The number of hydrogen-bond acceptors (Lipinski definition) is 3. The number of hydrogen-bond donors (Lipinski definition) is 1. The second-order valence-corrected chi connectivity index (χ2v) is 5.29. The molecule has 0 radical (unpaired) electrons. The third-order valence-electron chi connectivity index (χ3n) is 2.79. The topological polar surface area (TPSA) is 29.5 Å². The Morgan fingerprint density at radius 2 is 2.12 bits per heavy atom. The molecular formula is C14H16O2S. The number of aliphatic hydroxyl groups is 1. The predicted molar refractivity (Wildman–Crippen MR) is 70.6 cm³/mol. The van der Waals surface area contributed by atoms with E-state index in [0.29, 0.717) is 6.42 Å². The Morgan fingerprint density at radius 3 is 2.76 bits per heavy atom. The van der Waals surface area contributed by atoms with Gasteiger partial charge in [0.1, 0.15) is 5.75 Å². The Labute approximate surface area is 105 Å². The summed E-state index contributed by atoms with van der Waals surface area (Å²) in [6.45, 7) is 1.83. The first-order valence-electron chi connectivity index (χ1n) is 5.51. The van der Waals surface area contributed by atoms with Crippen LogP contribution < -0.4 is 4.74 Å². The van der Waals surface area contributed by atoms with Crippen LogP contribution in [0.3, 0.4) is 0 Å². The predicted octanol–water partition coefficient (Wildman–Crippen LogP) is 3.21. The maximum atomic E-state index is 10.5. The van der Waals surface area contributed by atoms with Crippen LogP contribution in [0.25, 0.3) is 0 Å². The highest BCUT2D eigenvalue weighted by Gasteiger charge is 2.24. The van der Waals surface area contributed by atoms with Gasteiger partial charge in [0, 0.05) is 11.3 Å². The van der Waals surface area contributed by atoms with Crippen molar-refractivity contribution in [2.75, 3.05) is 7.11 Å². The van der Waals surface area contributed by atoms with E-state index in [1.54, 1.807) is 18.4 Å². The van der Waals surface area contributed by atoms with E-state index in [9.17, 15) is 5.11 Å². The number of ether oxygens (including phenoxy) is 1. The van der Waals surface area contributed by atoms with Gasteiger partial charge in [0.05, 0.1) is 12.7 Å². The van der Waals surface area contributed by atoms with E-state index in [1.807, 2.05) is 48.7 Å². The molecule has 2 nitrogen and oxygen atoms in total. The van der Waals surface area contributed by atoms with Crippen molar-refractivity contribution in [1.29, 1.82) is 0 Å². The molecule has 0 aliphatic carbocycles. The van der Waals surface area contributed by atoms with Gasteiger partial charge in [-0.1, -0.05) is 18.2 Å². The van der Waals surface area contributed by atoms with E-state index in [4.69, 9.17) is 4.74 Å². The van der Waals surface area contributed by atoms with Crippen molar-refractivity contribution >= 4 is 11.3 Å². The van der Waals surface area contributed by atoms with Gasteiger partial charge in [0.25, 0.3) is 0 Å². The van der Waals surface area contributed by atoms with Crippen LogP contribution in [-0.4, -0.2) is 12.2 Å². The summed E-state index contributed by atoms with van der Waals surface area (Å²) in [4.78, 5) is 1.18. The number of rotatable bonds is 4. The van der Waals surface area contributed by atoms with Gasteiger partial charge in [0.2, 0.25) is 0 Å². The maximum Gasteiger partial charge on any atom is 0.119 e. The van der Waals surface area contributed by atoms with Gasteiger partial charge < -0.3 is 9.84 Å². The minimum Gasteiger partial charge on any atom is -0.497 e. The fourth-order valence-electron chi connectivity index (χ4n) is 1.81. The van der Waals surface area contributed by atoms with E-state index >= 15 is 0 Å². The van der Waals surface area contributed by atoms with Crippen LogP contribution in [-0.2, 0) is 12.0 Å². The average molecular weight is 248 g/mol. The zero-order valence-electron chi connectivity index (χ0n) is 10.0. The monoisotopic (exact) mass is 248 g/mol. The maximum absolute atomic E-state index is 10.5. The molecule has 0 fully saturated rings. The van der Waals surface area contributed by atoms with Crippen LogP contribution in [0.1, 0.15) is 17.4 Å². The largest absolute Gasteiger partial charge is 0.497 e. The normalized spacial score (nSPS) is 14.3. The lowest BCUT2D eigenvalue weighted by atomic mass is 9.92. The summed E-state index contributed by atoms with van der Waals surface area (Å²) in [5, 5.41) is 12.6. The van der Waals surface area contributed by atoms with Crippen LogP contribution in [0.2, 0.25) is 0 Å². The van der Waals surface area contributed by atoms with Crippen molar-refractivity contribution in [2.45, 2.75) is 18.9 Å². The molecule has 0 spiro atoms. The highest BCUT2D eigenvalue weighted by atomic mass is 32.1. The van der Waals surface area contributed by atoms with Crippen LogP contribution in [0.15, 0.2) is 41.8 Å². The third-order valence-corrected chi connectivity index (χ3v) is 3.67. The molecule has 1 atom stereocenters. The van der Waals surface area contributed by atoms with E-state index in [2.05, 4.69) is 0 Å². The fourth-order valence-corrected chi connectivity index (χ4v) is 2.67. The van der Waals surface area contributed by atoms with Crippen molar-refractivity contribution in [3.8, 4) is 5.75 Å². The second kappa shape index (κ2) is 4.90. The van der Waals surface area contributed by atoms with Crippen LogP contribution in [0, 0.1) is 0 Å². The second-order valence-electron chi connectivity index (χ2n) is 4.26. The average Bonchev–Trinajstić information content (AvgIpc) is 2.81. The van der Waals surface area contributed by atoms with Gasteiger partial charge in [-0.2, -0.15) is 0 Å². The molecule has 2 rings (SSSR count). The lowest BCUT2D eigenvalue weighted by Crippen LogP contribution is -2.23. The molecule has 0 saturated heterocycles. The van der Waals surface area contributed by atoms with Crippen molar-refractivity contribution in [2.24, 2.45) is 0 Å².